The van der Waals surface area contributed by atoms with Crippen molar-refractivity contribution in [1.82, 2.24) is 20.2 Å². The molecule has 2 N–H and O–H groups in total. The second-order valence-corrected chi connectivity index (χ2v) is 6.06. The van der Waals surface area contributed by atoms with E-state index in [1.54, 1.807) is 12.4 Å². The highest BCUT2D eigenvalue weighted by molar-refractivity contribution is 7.18. The van der Waals surface area contributed by atoms with Crippen molar-refractivity contribution < 1.29 is 5.11 Å². The summed E-state index contributed by atoms with van der Waals surface area (Å²) in [5, 5.41) is 22.5. The van der Waals surface area contributed by atoms with Crippen LogP contribution in [-0.2, 0) is 6.42 Å². The molecule has 1 unspecified atom stereocenters. The second-order valence-electron chi connectivity index (χ2n) is 5.08. The van der Waals surface area contributed by atoms with Crippen LogP contribution in [-0.4, -0.2) is 38.4 Å². The number of anilines is 1. The van der Waals surface area contributed by atoms with Gasteiger partial charge in [0.15, 0.2) is 5.01 Å². The Kier molecular flexibility index (Phi) is 5.23. The highest BCUT2D eigenvalue weighted by Gasteiger charge is 2.12. The van der Waals surface area contributed by atoms with Gasteiger partial charge in [0.05, 0.1) is 0 Å². The maximum atomic E-state index is 9.54. The molecule has 0 fully saturated rings. The Bertz CT molecular complexity index is 720. The minimum absolute atomic E-state index is 0.0760. The quantitative estimate of drug-likeness (QED) is 0.692. The zero-order valence-electron chi connectivity index (χ0n) is 12.5. The van der Waals surface area contributed by atoms with Gasteiger partial charge in [0.1, 0.15) is 5.69 Å². The summed E-state index contributed by atoms with van der Waals surface area (Å²) in [6, 6.07) is 11.5. The average Bonchev–Trinajstić information content (AvgIpc) is 3.09. The lowest BCUT2D eigenvalue weighted by Crippen LogP contribution is -2.20. The minimum Gasteiger partial charge on any atom is -0.396 e. The highest BCUT2D eigenvalue weighted by Crippen LogP contribution is 2.24. The third-order valence-corrected chi connectivity index (χ3v) is 4.24. The van der Waals surface area contributed by atoms with E-state index >= 15 is 0 Å². The number of aliphatic hydroxyl groups is 1. The molecule has 3 heterocycles. The van der Waals surface area contributed by atoms with E-state index in [1.807, 2.05) is 36.4 Å². The summed E-state index contributed by atoms with van der Waals surface area (Å²) < 4.78 is 0. The molecule has 0 aromatic carbocycles. The van der Waals surface area contributed by atoms with Gasteiger partial charge in [-0.25, -0.2) is 0 Å². The van der Waals surface area contributed by atoms with Gasteiger partial charge in [-0.1, -0.05) is 23.5 Å². The fourth-order valence-electron chi connectivity index (χ4n) is 2.13. The Labute approximate surface area is 138 Å². The van der Waals surface area contributed by atoms with Crippen LogP contribution in [0.25, 0.3) is 10.7 Å². The lowest BCUT2D eigenvalue weighted by atomic mass is 10.0. The van der Waals surface area contributed by atoms with E-state index in [0.29, 0.717) is 6.54 Å². The Morgan fingerprint density at radius 3 is 2.57 bits per heavy atom. The van der Waals surface area contributed by atoms with Crippen molar-refractivity contribution in [3.05, 3.63) is 54.5 Å². The Hall–Kier alpha value is -2.38. The monoisotopic (exact) mass is 327 g/mol. The Morgan fingerprint density at radius 2 is 1.87 bits per heavy atom. The number of aromatic nitrogens is 4. The fourth-order valence-corrected chi connectivity index (χ4v) is 2.86. The molecule has 118 valence electrons. The van der Waals surface area contributed by atoms with Crippen molar-refractivity contribution in [1.29, 1.82) is 0 Å². The second kappa shape index (κ2) is 7.75. The molecule has 0 bridgehead atoms. The van der Waals surface area contributed by atoms with Crippen LogP contribution in [0.4, 0.5) is 5.13 Å². The number of hydrogen-bond acceptors (Lipinski definition) is 7. The Balaban J connectivity index is 1.58. The lowest BCUT2D eigenvalue weighted by Gasteiger charge is -2.13. The zero-order valence-corrected chi connectivity index (χ0v) is 13.3. The van der Waals surface area contributed by atoms with Crippen molar-refractivity contribution in [2.75, 3.05) is 18.5 Å². The van der Waals surface area contributed by atoms with Gasteiger partial charge in [0.25, 0.3) is 0 Å². The summed E-state index contributed by atoms with van der Waals surface area (Å²) in [6.07, 6.45) is 4.22. The summed E-state index contributed by atoms with van der Waals surface area (Å²) in [5.41, 5.74) is 1.78. The van der Waals surface area contributed by atoms with Crippen molar-refractivity contribution in [2.45, 2.75) is 6.42 Å². The summed E-state index contributed by atoms with van der Waals surface area (Å²) in [4.78, 5) is 8.55. The van der Waals surface area contributed by atoms with Crippen LogP contribution >= 0.6 is 11.3 Å². The predicted octanol–water partition coefficient (Wildman–Crippen LogP) is 2.26. The Morgan fingerprint density at radius 1 is 1.04 bits per heavy atom. The molecule has 0 spiro atoms. The van der Waals surface area contributed by atoms with Gasteiger partial charge in [-0.15, -0.1) is 10.2 Å². The van der Waals surface area contributed by atoms with E-state index in [-0.39, 0.29) is 12.5 Å². The van der Waals surface area contributed by atoms with E-state index in [4.69, 9.17) is 0 Å². The first-order valence-corrected chi connectivity index (χ1v) is 8.16. The SMILES string of the molecule is OCC(CNc1nnc(-c2ccccn2)s1)Cc1ccccn1. The third-order valence-electron chi connectivity index (χ3n) is 3.33. The van der Waals surface area contributed by atoms with E-state index in [9.17, 15) is 5.11 Å². The number of hydrogen-bond donors (Lipinski definition) is 2. The molecule has 0 saturated heterocycles. The van der Waals surface area contributed by atoms with Gasteiger partial charge < -0.3 is 10.4 Å². The molecule has 23 heavy (non-hydrogen) atoms. The van der Waals surface area contributed by atoms with Gasteiger partial charge in [-0.05, 0) is 30.7 Å². The molecule has 3 aromatic rings. The summed E-state index contributed by atoms with van der Waals surface area (Å²) in [7, 11) is 0. The largest absolute Gasteiger partial charge is 0.396 e. The van der Waals surface area contributed by atoms with Crippen LogP contribution in [0.3, 0.4) is 0 Å². The molecule has 0 aliphatic heterocycles. The standard InChI is InChI=1S/C16H17N5OS/c22-11-12(9-13-5-1-3-7-17-13)10-19-16-21-20-15(23-16)14-6-2-4-8-18-14/h1-8,12,22H,9-11H2,(H,19,21). The number of pyridine rings is 2. The highest BCUT2D eigenvalue weighted by atomic mass is 32.1. The molecule has 0 radical (unpaired) electrons. The first-order valence-electron chi connectivity index (χ1n) is 7.34. The smallest absolute Gasteiger partial charge is 0.206 e. The van der Waals surface area contributed by atoms with Crippen molar-refractivity contribution in [3.63, 3.8) is 0 Å². The van der Waals surface area contributed by atoms with E-state index in [2.05, 4.69) is 25.5 Å². The molecular formula is C16H17N5OS. The van der Waals surface area contributed by atoms with Crippen LogP contribution in [0, 0.1) is 5.92 Å². The van der Waals surface area contributed by atoms with Crippen LogP contribution < -0.4 is 5.32 Å². The van der Waals surface area contributed by atoms with E-state index in [1.165, 1.54) is 11.3 Å². The van der Waals surface area contributed by atoms with Crippen LogP contribution in [0.1, 0.15) is 5.69 Å². The predicted molar refractivity (Wildman–Crippen MR) is 90.1 cm³/mol. The van der Waals surface area contributed by atoms with E-state index < -0.39 is 0 Å². The maximum Gasteiger partial charge on any atom is 0.206 e. The number of nitrogens with one attached hydrogen (secondary N) is 1. The number of aliphatic hydroxyl groups excluding tert-OH is 1. The minimum atomic E-state index is 0.0760. The molecular weight excluding hydrogens is 310 g/mol. The lowest BCUT2D eigenvalue weighted by molar-refractivity contribution is 0.232. The zero-order chi connectivity index (χ0) is 15.9. The van der Waals surface area contributed by atoms with Crippen LogP contribution in [0.2, 0.25) is 0 Å². The summed E-state index contributed by atoms with van der Waals surface area (Å²) in [6.45, 7) is 0.708. The molecule has 6 nitrogen and oxygen atoms in total. The molecule has 0 amide bonds. The normalized spacial score (nSPS) is 12.0. The third kappa shape index (κ3) is 4.30. The van der Waals surface area contributed by atoms with Crippen molar-refractivity contribution in [2.24, 2.45) is 5.92 Å². The van der Waals surface area contributed by atoms with Crippen molar-refractivity contribution in [3.8, 4) is 10.7 Å². The fraction of sp³-hybridized carbons (Fsp3) is 0.250. The van der Waals surface area contributed by atoms with E-state index in [0.717, 1.165) is 27.9 Å². The van der Waals surface area contributed by atoms with Gasteiger partial charge in [-0.2, -0.15) is 0 Å². The summed E-state index contributed by atoms with van der Waals surface area (Å²) >= 11 is 1.45. The molecule has 0 saturated carbocycles. The first kappa shape index (κ1) is 15.5. The first-order chi connectivity index (χ1) is 11.3. The molecule has 7 heteroatoms. The molecule has 3 rings (SSSR count). The van der Waals surface area contributed by atoms with Crippen LogP contribution in [0.5, 0.6) is 0 Å². The molecule has 1 atom stereocenters. The number of rotatable bonds is 7. The van der Waals surface area contributed by atoms with Gasteiger partial charge >= 0.3 is 0 Å². The summed E-state index contributed by atoms with van der Waals surface area (Å²) in [5.74, 6) is 0.0760. The number of nitrogens with zero attached hydrogens (tertiary/aromatic N) is 4. The van der Waals surface area contributed by atoms with Crippen LogP contribution in [0.15, 0.2) is 48.8 Å². The van der Waals surface area contributed by atoms with Crippen molar-refractivity contribution >= 4 is 16.5 Å². The molecule has 0 aliphatic rings. The molecule has 0 aliphatic carbocycles. The van der Waals surface area contributed by atoms with Gasteiger partial charge in [0, 0.05) is 37.2 Å². The molecule has 3 aromatic heterocycles. The topological polar surface area (TPSA) is 83.8 Å². The maximum absolute atomic E-state index is 9.54. The average molecular weight is 327 g/mol. The van der Waals surface area contributed by atoms with Gasteiger partial charge in [0.2, 0.25) is 5.13 Å². The van der Waals surface area contributed by atoms with Gasteiger partial charge in [-0.3, -0.25) is 9.97 Å².